The lowest BCUT2D eigenvalue weighted by Gasteiger charge is -2.11. The van der Waals surface area contributed by atoms with E-state index in [9.17, 15) is 4.79 Å². The molecule has 0 fully saturated rings. The Bertz CT molecular complexity index is 882. The summed E-state index contributed by atoms with van der Waals surface area (Å²) in [6, 6.07) is 10.0. The van der Waals surface area contributed by atoms with E-state index in [1.807, 2.05) is 6.92 Å². The molecule has 3 rings (SSSR count). The molecule has 0 bridgehead atoms. The fraction of sp³-hybridized carbons (Fsp3) is 0.389. The first kappa shape index (κ1) is 16.6. The van der Waals surface area contributed by atoms with Gasteiger partial charge in [0.05, 0.1) is 12.2 Å². The van der Waals surface area contributed by atoms with Crippen molar-refractivity contribution in [1.82, 2.24) is 14.6 Å². The maximum Gasteiger partial charge on any atom is 0.275 e. The molecule has 2 heterocycles. The number of nitrogens with zero attached hydrogens (tertiary/aromatic N) is 3. The predicted octanol–water partition coefficient (Wildman–Crippen LogP) is 3.84. The van der Waals surface area contributed by atoms with E-state index in [2.05, 4.69) is 53.5 Å². The number of anilines is 1. The van der Waals surface area contributed by atoms with Gasteiger partial charge in [-0.15, -0.1) is 0 Å². The fourth-order valence-corrected chi connectivity index (χ4v) is 3.34. The van der Waals surface area contributed by atoms with Crippen molar-refractivity contribution in [2.75, 3.05) is 5.32 Å². The Morgan fingerprint density at radius 1 is 1.25 bits per heavy atom. The molecule has 126 valence electrons. The first-order valence-electron chi connectivity index (χ1n) is 8.33. The van der Waals surface area contributed by atoms with Crippen LogP contribution in [0.25, 0.3) is 4.96 Å². The van der Waals surface area contributed by atoms with E-state index in [0.29, 0.717) is 17.4 Å². The van der Waals surface area contributed by atoms with Gasteiger partial charge in [-0.25, -0.2) is 4.98 Å². The molecule has 3 aromatic rings. The number of benzene rings is 1. The first-order valence-corrected chi connectivity index (χ1v) is 9.14. The van der Waals surface area contributed by atoms with E-state index in [0.717, 1.165) is 29.2 Å². The average molecular weight is 342 g/mol. The van der Waals surface area contributed by atoms with Gasteiger partial charge >= 0.3 is 0 Å². The Balaban J connectivity index is 1.74. The highest BCUT2D eigenvalue weighted by atomic mass is 32.1. The van der Waals surface area contributed by atoms with E-state index in [1.54, 1.807) is 6.07 Å². The largest absolute Gasteiger partial charge is 0.379 e. The van der Waals surface area contributed by atoms with Gasteiger partial charge < -0.3 is 5.32 Å². The van der Waals surface area contributed by atoms with Crippen LogP contribution in [0, 0.1) is 0 Å². The van der Waals surface area contributed by atoms with Gasteiger partial charge in [0.25, 0.3) is 5.56 Å². The molecule has 0 saturated heterocycles. The number of aromatic nitrogens is 3. The zero-order valence-electron chi connectivity index (χ0n) is 14.2. The number of rotatable bonds is 6. The third kappa shape index (κ3) is 3.48. The average Bonchev–Trinajstić information content (AvgIpc) is 3.03. The number of fused-ring (bicyclic) bond motifs is 1. The van der Waals surface area contributed by atoms with Gasteiger partial charge in [-0.3, -0.25) is 4.79 Å². The second-order valence-electron chi connectivity index (χ2n) is 5.91. The molecule has 1 unspecified atom stereocenters. The normalized spacial score (nSPS) is 12.5. The van der Waals surface area contributed by atoms with E-state index in [4.69, 9.17) is 0 Å². The molecular formula is C18H22N4OS. The Morgan fingerprint density at radius 3 is 2.67 bits per heavy atom. The van der Waals surface area contributed by atoms with Crippen LogP contribution in [0.1, 0.15) is 49.4 Å². The maximum atomic E-state index is 12.1. The number of nitrogens with one attached hydrogen (secondary N) is 1. The van der Waals surface area contributed by atoms with Gasteiger partial charge in [-0.1, -0.05) is 44.2 Å². The minimum absolute atomic E-state index is 0.125. The summed E-state index contributed by atoms with van der Waals surface area (Å²) in [6.07, 6.45) is 1.94. The molecule has 24 heavy (non-hydrogen) atoms. The minimum atomic E-state index is -0.125. The highest BCUT2D eigenvalue weighted by Crippen LogP contribution is 2.20. The quantitative estimate of drug-likeness (QED) is 0.739. The molecule has 0 spiro atoms. The predicted molar refractivity (Wildman–Crippen MR) is 99.0 cm³/mol. The van der Waals surface area contributed by atoms with Crippen molar-refractivity contribution in [3.05, 3.63) is 57.0 Å². The van der Waals surface area contributed by atoms with Gasteiger partial charge in [-0.2, -0.15) is 9.61 Å². The lowest BCUT2D eigenvalue weighted by molar-refractivity contribution is 0.734. The van der Waals surface area contributed by atoms with Gasteiger partial charge in [0, 0.05) is 11.8 Å². The summed E-state index contributed by atoms with van der Waals surface area (Å²) in [5, 5.41) is 8.52. The molecular weight excluding hydrogens is 320 g/mol. The Labute approximate surface area is 145 Å². The van der Waals surface area contributed by atoms with Crippen LogP contribution in [0.15, 0.2) is 35.1 Å². The molecule has 1 aromatic carbocycles. The molecule has 0 aliphatic heterocycles. The Morgan fingerprint density at radius 2 is 2.00 bits per heavy atom. The van der Waals surface area contributed by atoms with Crippen molar-refractivity contribution in [2.24, 2.45) is 0 Å². The SMILES string of the molecule is CCc1nn2c(=O)cc(CNc3ccc(C(C)CC)cc3)nc2s1. The lowest BCUT2D eigenvalue weighted by atomic mass is 9.99. The van der Waals surface area contributed by atoms with Crippen LogP contribution in [0.4, 0.5) is 5.69 Å². The van der Waals surface area contributed by atoms with Crippen molar-refractivity contribution in [3.63, 3.8) is 0 Å². The summed E-state index contributed by atoms with van der Waals surface area (Å²) in [5.74, 6) is 0.572. The molecule has 1 atom stereocenters. The number of hydrogen-bond acceptors (Lipinski definition) is 5. The molecule has 0 amide bonds. The van der Waals surface area contributed by atoms with E-state index in [-0.39, 0.29) is 5.56 Å². The molecule has 0 saturated carbocycles. The van der Waals surface area contributed by atoms with Crippen LogP contribution < -0.4 is 10.9 Å². The summed E-state index contributed by atoms with van der Waals surface area (Å²) in [5.41, 5.74) is 2.98. The second-order valence-corrected chi connectivity index (χ2v) is 6.95. The first-order chi connectivity index (χ1) is 11.6. The van der Waals surface area contributed by atoms with Crippen LogP contribution in [0.5, 0.6) is 0 Å². The molecule has 0 aliphatic carbocycles. The Kier molecular flexibility index (Phi) is 4.94. The molecule has 2 aromatic heterocycles. The second kappa shape index (κ2) is 7.13. The van der Waals surface area contributed by atoms with Crippen LogP contribution >= 0.6 is 11.3 Å². The standard InChI is InChI=1S/C18H22N4OS/c1-4-12(3)13-6-8-14(9-7-13)19-11-15-10-17(23)22-18(20-15)24-16(5-2)21-22/h6-10,12,19H,4-5,11H2,1-3H3. The number of hydrogen-bond donors (Lipinski definition) is 1. The van der Waals surface area contributed by atoms with Crippen LogP contribution in [-0.4, -0.2) is 14.6 Å². The van der Waals surface area contributed by atoms with Crippen molar-refractivity contribution >= 4 is 22.0 Å². The lowest BCUT2D eigenvalue weighted by Crippen LogP contribution is -2.16. The van der Waals surface area contributed by atoms with E-state index >= 15 is 0 Å². The van der Waals surface area contributed by atoms with Crippen LogP contribution in [0.2, 0.25) is 0 Å². The summed E-state index contributed by atoms with van der Waals surface area (Å²) in [4.78, 5) is 17.3. The topological polar surface area (TPSA) is 59.3 Å². The fourth-order valence-electron chi connectivity index (χ4n) is 2.49. The molecule has 0 aliphatic rings. The van der Waals surface area contributed by atoms with Crippen molar-refractivity contribution in [2.45, 2.75) is 46.1 Å². The van der Waals surface area contributed by atoms with Gasteiger partial charge in [0.2, 0.25) is 4.96 Å². The third-order valence-electron chi connectivity index (χ3n) is 4.21. The highest BCUT2D eigenvalue weighted by molar-refractivity contribution is 7.16. The van der Waals surface area contributed by atoms with Gasteiger partial charge in [0.15, 0.2) is 0 Å². The van der Waals surface area contributed by atoms with Crippen molar-refractivity contribution in [3.8, 4) is 0 Å². The summed E-state index contributed by atoms with van der Waals surface area (Å²) >= 11 is 1.47. The zero-order valence-corrected chi connectivity index (χ0v) is 15.1. The Hall–Kier alpha value is -2.21. The molecule has 6 heteroatoms. The molecule has 5 nitrogen and oxygen atoms in total. The molecule has 0 radical (unpaired) electrons. The van der Waals surface area contributed by atoms with Gasteiger partial charge in [-0.05, 0) is 36.5 Å². The van der Waals surface area contributed by atoms with Gasteiger partial charge in [0.1, 0.15) is 5.01 Å². The minimum Gasteiger partial charge on any atom is -0.379 e. The zero-order chi connectivity index (χ0) is 17.1. The smallest absolute Gasteiger partial charge is 0.275 e. The van der Waals surface area contributed by atoms with Crippen molar-refractivity contribution < 1.29 is 0 Å². The monoisotopic (exact) mass is 342 g/mol. The van der Waals surface area contributed by atoms with Crippen LogP contribution in [0.3, 0.4) is 0 Å². The molecule has 1 N–H and O–H groups in total. The summed E-state index contributed by atoms with van der Waals surface area (Å²) < 4.78 is 1.38. The van der Waals surface area contributed by atoms with Crippen molar-refractivity contribution in [1.29, 1.82) is 0 Å². The summed E-state index contributed by atoms with van der Waals surface area (Å²) in [6.45, 7) is 6.97. The van der Waals surface area contributed by atoms with Crippen LogP contribution in [-0.2, 0) is 13.0 Å². The third-order valence-corrected chi connectivity index (χ3v) is 5.26. The van der Waals surface area contributed by atoms with E-state index < -0.39 is 0 Å². The highest BCUT2D eigenvalue weighted by Gasteiger charge is 2.08. The number of aryl methyl sites for hydroxylation is 1. The maximum absolute atomic E-state index is 12.1. The summed E-state index contributed by atoms with van der Waals surface area (Å²) in [7, 11) is 0. The van der Waals surface area contributed by atoms with E-state index in [1.165, 1.54) is 21.4 Å².